The summed E-state index contributed by atoms with van der Waals surface area (Å²) in [4.78, 5) is 24.6. The fourth-order valence-corrected chi connectivity index (χ4v) is 3.83. The number of fused-ring (bicyclic) bond motifs is 4. The van der Waals surface area contributed by atoms with Crippen LogP contribution >= 0.6 is 11.6 Å². The van der Waals surface area contributed by atoms with Crippen molar-refractivity contribution in [1.29, 1.82) is 0 Å². The molecule has 5 nitrogen and oxygen atoms in total. The molecule has 134 valence electrons. The summed E-state index contributed by atoms with van der Waals surface area (Å²) in [5, 5.41) is 0.378. The zero-order valence-corrected chi connectivity index (χ0v) is 14.8. The maximum absolute atomic E-state index is 12.4. The molecule has 2 aromatic carbocycles. The molecule has 0 saturated heterocycles. The highest BCUT2D eigenvalue weighted by Crippen LogP contribution is 2.44. The Labute approximate surface area is 158 Å². The van der Waals surface area contributed by atoms with Crippen molar-refractivity contribution < 1.29 is 18.7 Å². The van der Waals surface area contributed by atoms with Crippen LogP contribution in [-0.2, 0) is 4.79 Å². The van der Waals surface area contributed by atoms with Crippen LogP contribution in [0.5, 0.6) is 11.5 Å². The summed E-state index contributed by atoms with van der Waals surface area (Å²) in [6.07, 6.45) is 3.40. The van der Waals surface area contributed by atoms with Crippen molar-refractivity contribution in [2.75, 3.05) is 6.61 Å². The van der Waals surface area contributed by atoms with Gasteiger partial charge in [-0.05, 0) is 29.8 Å². The molecule has 0 fully saturated rings. The van der Waals surface area contributed by atoms with E-state index in [1.807, 2.05) is 30.3 Å². The van der Waals surface area contributed by atoms with Gasteiger partial charge in [-0.25, -0.2) is 0 Å². The van der Waals surface area contributed by atoms with Crippen molar-refractivity contribution >= 4 is 34.6 Å². The number of benzene rings is 2. The highest BCUT2D eigenvalue weighted by Gasteiger charge is 2.34. The molecule has 3 heterocycles. The fourth-order valence-electron chi connectivity index (χ4n) is 3.68. The Morgan fingerprint density at radius 2 is 1.89 bits per heavy atom. The van der Waals surface area contributed by atoms with E-state index in [2.05, 4.69) is 0 Å². The Hall–Kier alpha value is -3.05. The second-order valence-electron chi connectivity index (χ2n) is 6.54. The first-order valence-electron chi connectivity index (χ1n) is 8.48. The highest BCUT2D eigenvalue weighted by molar-refractivity contribution is 6.30. The van der Waals surface area contributed by atoms with Gasteiger partial charge in [0.2, 0.25) is 5.43 Å². The van der Waals surface area contributed by atoms with Crippen LogP contribution in [0, 0.1) is 0 Å². The molecule has 0 amide bonds. The van der Waals surface area contributed by atoms with Crippen molar-refractivity contribution in [3.05, 3.63) is 74.6 Å². The number of para-hydroxylation sites is 1. The van der Waals surface area contributed by atoms with E-state index in [1.165, 1.54) is 6.26 Å². The molecule has 3 aromatic rings. The number of hydrogen-bond acceptors (Lipinski definition) is 5. The van der Waals surface area contributed by atoms with Gasteiger partial charge in [-0.2, -0.15) is 0 Å². The molecule has 2 aliphatic heterocycles. The van der Waals surface area contributed by atoms with Crippen LogP contribution in [0.15, 0.2) is 57.4 Å². The minimum Gasteiger partial charge on any atom is -0.489 e. The van der Waals surface area contributed by atoms with Gasteiger partial charge in [0.05, 0.1) is 11.8 Å². The molecule has 0 N–H and O–H groups in total. The first-order valence-corrected chi connectivity index (χ1v) is 8.86. The number of ether oxygens (including phenoxy) is 2. The third-order valence-electron chi connectivity index (χ3n) is 4.94. The lowest BCUT2D eigenvalue weighted by Gasteiger charge is -2.29. The molecule has 0 radical (unpaired) electrons. The van der Waals surface area contributed by atoms with Crippen LogP contribution in [0.4, 0.5) is 0 Å². The predicted octanol–water partition coefficient (Wildman–Crippen LogP) is 4.32. The normalized spacial score (nSPS) is 18.2. The lowest BCUT2D eigenvalue weighted by Crippen LogP contribution is -2.25. The molecule has 0 bridgehead atoms. The maximum atomic E-state index is 12.4. The largest absolute Gasteiger partial charge is 0.489 e. The molecule has 1 aromatic heterocycles. The van der Waals surface area contributed by atoms with Crippen molar-refractivity contribution in [2.24, 2.45) is 0 Å². The van der Waals surface area contributed by atoms with Gasteiger partial charge >= 0.3 is 5.97 Å². The number of carbonyl (C=O) groups is 1. The Balaban J connectivity index is 1.74. The SMILES string of the molecule is O=C1C[C@H](C2=Cc3ccccc3OC2)c2c(ccc3c(=O)c(Cl)coc23)O1. The molecule has 5 rings (SSSR count). The van der Waals surface area contributed by atoms with E-state index in [0.29, 0.717) is 28.9 Å². The summed E-state index contributed by atoms with van der Waals surface area (Å²) in [5.74, 6) is 0.565. The lowest BCUT2D eigenvalue weighted by molar-refractivity contribution is -0.135. The maximum Gasteiger partial charge on any atom is 0.312 e. The highest BCUT2D eigenvalue weighted by atomic mass is 35.5. The molecule has 0 spiro atoms. The van der Waals surface area contributed by atoms with E-state index < -0.39 is 0 Å². The zero-order chi connectivity index (χ0) is 18.5. The Morgan fingerprint density at radius 3 is 2.78 bits per heavy atom. The predicted molar refractivity (Wildman–Crippen MR) is 100 cm³/mol. The molecule has 27 heavy (non-hydrogen) atoms. The fraction of sp³-hybridized carbons (Fsp3) is 0.143. The molecular weight excluding hydrogens is 368 g/mol. The number of carbonyl (C=O) groups excluding carboxylic acids is 1. The average molecular weight is 381 g/mol. The minimum absolute atomic E-state index is 0.0148. The smallest absolute Gasteiger partial charge is 0.312 e. The summed E-state index contributed by atoms with van der Waals surface area (Å²) in [6.45, 7) is 0.350. The second-order valence-corrected chi connectivity index (χ2v) is 6.95. The van der Waals surface area contributed by atoms with Crippen LogP contribution < -0.4 is 14.9 Å². The first-order chi connectivity index (χ1) is 13.1. The van der Waals surface area contributed by atoms with Crippen molar-refractivity contribution in [2.45, 2.75) is 12.3 Å². The molecule has 0 aliphatic carbocycles. The van der Waals surface area contributed by atoms with Crippen molar-refractivity contribution in [3.8, 4) is 11.5 Å². The summed E-state index contributed by atoms with van der Waals surface area (Å²) in [6, 6.07) is 10.9. The van der Waals surface area contributed by atoms with Crippen molar-refractivity contribution in [3.63, 3.8) is 0 Å². The molecule has 6 heteroatoms. The lowest BCUT2D eigenvalue weighted by atomic mass is 9.83. The monoisotopic (exact) mass is 380 g/mol. The molecule has 2 aliphatic rings. The van der Waals surface area contributed by atoms with Gasteiger partial charge in [0.1, 0.15) is 35.0 Å². The quantitative estimate of drug-likeness (QED) is 0.464. The third kappa shape index (κ3) is 2.54. The van der Waals surface area contributed by atoms with Gasteiger partial charge in [0, 0.05) is 17.0 Å². The van der Waals surface area contributed by atoms with E-state index in [4.69, 9.17) is 25.5 Å². The minimum atomic E-state index is -0.331. The third-order valence-corrected chi connectivity index (χ3v) is 5.20. The Bertz CT molecular complexity index is 1190. The van der Waals surface area contributed by atoms with E-state index >= 15 is 0 Å². The number of halogens is 1. The summed E-state index contributed by atoms with van der Waals surface area (Å²) in [7, 11) is 0. The zero-order valence-electron chi connectivity index (χ0n) is 14.0. The molecular formula is C21H13ClO5. The van der Waals surface area contributed by atoms with E-state index in [-0.39, 0.29) is 28.8 Å². The topological polar surface area (TPSA) is 65.7 Å². The van der Waals surface area contributed by atoms with Gasteiger partial charge in [0.15, 0.2) is 0 Å². The van der Waals surface area contributed by atoms with E-state index in [0.717, 1.165) is 16.9 Å². The summed E-state index contributed by atoms with van der Waals surface area (Å²) >= 11 is 5.91. The molecule has 1 atom stereocenters. The first kappa shape index (κ1) is 16.1. The van der Waals surface area contributed by atoms with Crippen LogP contribution in [0.1, 0.15) is 23.5 Å². The number of hydrogen-bond donors (Lipinski definition) is 0. The van der Waals surface area contributed by atoms with Gasteiger partial charge in [-0.3, -0.25) is 9.59 Å². The van der Waals surface area contributed by atoms with Crippen molar-refractivity contribution in [1.82, 2.24) is 0 Å². The molecule has 0 saturated carbocycles. The number of rotatable bonds is 1. The van der Waals surface area contributed by atoms with Crippen LogP contribution in [-0.4, -0.2) is 12.6 Å². The van der Waals surface area contributed by atoms with E-state index in [1.54, 1.807) is 12.1 Å². The second kappa shape index (κ2) is 5.99. The number of esters is 1. The van der Waals surface area contributed by atoms with Gasteiger partial charge in [-0.15, -0.1) is 0 Å². The molecule has 0 unspecified atom stereocenters. The summed E-state index contributed by atoms with van der Waals surface area (Å²) < 4.78 is 16.9. The Kier molecular flexibility index (Phi) is 3.58. The van der Waals surface area contributed by atoms with Crippen LogP contribution in [0.3, 0.4) is 0 Å². The standard InChI is InChI=1S/C21H13ClO5/c22-15-10-26-21-13(20(15)24)5-6-17-19(21)14(8-18(23)27-17)12-7-11-3-1-2-4-16(11)25-9-12/h1-7,10,14H,8-9H2/t14-/m1/s1. The van der Waals surface area contributed by atoms with E-state index in [9.17, 15) is 9.59 Å². The summed E-state index contributed by atoms with van der Waals surface area (Å²) in [5.41, 5.74) is 2.63. The Morgan fingerprint density at radius 1 is 1.04 bits per heavy atom. The van der Waals surface area contributed by atoms with Crippen LogP contribution in [0.25, 0.3) is 17.0 Å². The average Bonchev–Trinajstić information content (AvgIpc) is 2.69. The van der Waals surface area contributed by atoms with Gasteiger partial charge in [0.25, 0.3) is 0 Å². The van der Waals surface area contributed by atoms with Crippen LogP contribution in [0.2, 0.25) is 5.02 Å². The van der Waals surface area contributed by atoms with Gasteiger partial charge in [-0.1, -0.05) is 29.8 Å². The van der Waals surface area contributed by atoms with Gasteiger partial charge < -0.3 is 13.9 Å².